The zero-order chi connectivity index (χ0) is 13.5. The number of aliphatic hydroxyl groups excluding tert-OH is 1. The number of benzene rings is 1. The second-order valence-corrected chi connectivity index (χ2v) is 4.99. The fraction of sp³-hybridized carbons (Fsp3) is 0.533. The Bertz CT molecular complexity index is 436. The number of aliphatic hydroxyl groups is 1. The monoisotopic (exact) mass is 260 g/mol. The summed E-state index contributed by atoms with van der Waals surface area (Å²) in [6.45, 7) is 0.803. The van der Waals surface area contributed by atoms with Gasteiger partial charge in [0.1, 0.15) is 18.5 Å². The highest BCUT2D eigenvalue weighted by molar-refractivity contribution is 5.36. The molecule has 0 radical (unpaired) electrons. The Balaban J connectivity index is 1.70. The fourth-order valence-electron chi connectivity index (χ4n) is 2.34. The normalized spacial score (nSPS) is 17.1. The van der Waals surface area contributed by atoms with E-state index < -0.39 is 6.10 Å². The van der Waals surface area contributed by atoms with Gasteiger partial charge in [-0.3, -0.25) is 0 Å². The van der Waals surface area contributed by atoms with Gasteiger partial charge in [-0.25, -0.2) is 0 Å². The van der Waals surface area contributed by atoms with Gasteiger partial charge >= 0.3 is 0 Å². The van der Waals surface area contributed by atoms with Crippen LogP contribution in [0.15, 0.2) is 24.3 Å². The molecule has 0 aromatic heterocycles. The van der Waals surface area contributed by atoms with Crippen LogP contribution < -0.4 is 10.1 Å². The van der Waals surface area contributed by atoms with Gasteiger partial charge in [-0.1, -0.05) is 18.9 Å². The average Bonchev–Trinajstić information content (AvgIpc) is 2.96. The molecule has 0 bridgehead atoms. The maximum Gasteiger partial charge on any atom is 0.120 e. The lowest BCUT2D eigenvalue weighted by Crippen LogP contribution is -2.36. The van der Waals surface area contributed by atoms with Gasteiger partial charge in [0.05, 0.1) is 11.6 Å². The molecule has 0 heterocycles. The van der Waals surface area contributed by atoms with Gasteiger partial charge in [0.25, 0.3) is 0 Å². The molecule has 1 aromatic carbocycles. The Morgan fingerprint density at radius 3 is 2.95 bits per heavy atom. The van der Waals surface area contributed by atoms with E-state index in [0.29, 0.717) is 23.9 Å². The molecule has 1 unspecified atom stereocenters. The number of ether oxygens (including phenoxy) is 1. The van der Waals surface area contributed by atoms with Crippen LogP contribution in [0.3, 0.4) is 0 Å². The number of nitriles is 1. The van der Waals surface area contributed by atoms with E-state index in [4.69, 9.17) is 10.00 Å². The minimum Gasteiger partial charge on any atom is -0.491 e. The topological polar surface area (TPSA) is 65.3 Å². The summed E-state index contributed by atoms with van der Waals surface area (Å²) in [5, 5.41) is 22.0. The van der Waals surface area contributed by atoms with Crippen LogP contribution in [0.1, 0.15) is 31.2 Å². The molecule has 1 saturated carbocycles. The minimum atomic E-state index is -0.522. The van der Waals surface area contributed by atoms with Crippen LogP contribution in [-0.4, -0.2) is 30.4 Å². The lowest BCUT2D eigenvalue weighted by molar-refractivity contribution is 0.104. The first-order valence-electron chi connectivity index (χ1n) is 6.82. The highest BCUT2D eigenvalue weighted by Crippen LogP contribution is 2.17. The van der Waals surface area contributed by atoms with Crippen molar-refractivity contribution >= 4 is 0 Å². The summed E-state index contributed by atoms with van der Waals surface area (Å²) in [5.41, 5.74) is 0.566. The Morgan fingerprint density at radius 1 is 1.42 bits per heavy atom. The SMILES string of the molecule is N#Cc1cccc(OCC(O)CNC2CCCC2)c1. The van der Waals surface area contributed by atoms with Crippen molar-refractivity contribution in [2.24, 2.45) is 0 Å². The van der Waals surface area contributed by atoms with E-state index in [2.05, 4.69) is 11.4 Å². The molecule has 4 heteroatoms. The zero-order valence-electron chi connectivity index (χ0n) is 11.0. The molecule has 0 saturated heterocycles. The van der Waals surface area contributed by atoms with Gasteiger partial charge in [0.2, 0.25) is 0 Å². The van der Waals surface area contributed by atoms with Crippen LogP contribution in [-0.2, 0) is 0 Å². The van der Waals surface area contributed by atoms with Crippen molar-refractivity contribution in [3.63, 3.8) is 0 Å². The number of hydrogen-bond donors (Lipinski definition) is 2. The molecule has 19 heavy (non-hydrogen) atoms. The second-order valence-electron chi connectivity index (χ2n) is 4.99. The summed E-state index contributed by atoms with van der Waals surface area (Å²) in [6, 6.07) is 9.58. The van der Waals surface area contributed by atoms with Crippen LogP contribution in [0.5, 0.6) is 5.75 Å². The largest absolute Gasteiger partial charge is 0.491 e. The zero-order valence-corrected chi connectivity index (χ0v) is 11.0. The molecule has 1 fully saturated rings. The van der Waals surface area contributed by atoms with E-state index in [1.807, 2.05) is 0 Å². The molecule has 0 aliphatic heterocycles. The van der Waals surface area contributed by atoms with Crippen molar-refractivity contribution in [3.8, 4) is 11.8 Å². The van der Waals surface area contributed by atoms with E-state index in [-0.39, 0.29) is 6.61 Å². The van der Waals surface area contributed by atoms with Gasteiger partial charge < -0.3 is 15.2 Å². The smallest absolute Gasteiger partial charge is 0.120 e. The fourth-order valence-corrected chi connectivity index (χ4v) is 2.34. The van der Waals surface area contributed by atoms with E-state index in [9.17, 15) is 5.11 Å². The standard InChI is InChI=1S/C15H20N2O2/c16-9-12-4-3-7-15(8-12)19-11-14(18)10-17-13-5-1-2-6-13/h3-4,7-8,13-14,17-18H,1-2,5-6,10-11H2. The molecule has 0 amide bonds. The summed E-state index contributed by atoms with van der Waals surface area (Å²) >= 11 is 0. The molecule has 102 valence electrons. The number of nitrogens with zero attached hydrogens (tertiary/aromatic N) is 1. The van der Waals surface area contributed by atoms with E-state index in [0.717, 1.165) is 0 Å². The van der Waals surface area contributed by atoms with Gasteiger partial charge in [0, 0.05) is 12.6 Å². The van der Waals surface area contributed by atoms with Crippen molar-refractivity contribution in [1.29, 1.82) is 5.26 Å². The summed E-state index contributed by atoms with van der Waals surface area (Å²) in [4.78, 5) is 0. The highest BCUT2D eigenvalue weighted by atomic mass is 16.5. The third-order valence-corrected chi connectivity index (χ3v) is 3.40. The molecule has 2 rings (SSSR count). The Kier molecular flexibility index (Phi) is 5.20. The van der Waals surface area contributed by atoms with Crippen LogP contribution in [0.2, 0.25) is 0 Å². The molecule has 4 nitrogen and oxygen atoms in total. The first-order valence-corrected chi connectivity index (χ1v) is 6.82. The Morgan fingerprint density at radius 2 is 2.21 bits per heavy atom. The van der Waals surface area contributed by atoms with Crippen molar-refractivity contribution in [2.45, 2.75) is 37.8 Å². The molecule has 0 spiro atoms. The van der Waals surface area contributed by atoms with Crippen LogP contribution in [0, 0.1) is 11.3 Å². The maximum absolute atomic E-state index is 9.84. The predicted octanol–water partition coefficient (Wildman–Crippen LogP) is 1.83. The number of rotatable bonds is 6. The summed E-state index contributed by atoms with van der Waals surface area (Å²) in [7, 11) is 0. The van der Waals surface area contributed by atoms with E-state index in [1.54, 1.807) is 24.3 Å². The highest BCUT2D eigenvalue weighted by Gasteiger charge is 2.15. The predicted molar refractivity (Wildman–Crippen MR) is 72.9 cm³/mol. The van der Waals surface area contributed by atoms with Crippen LogP contribution in [0.25, 0.3) is 0 Å². The Hall–Kier alpha value is -1.57. The van der Waals surface area contributed by atoms with Crippen LogP contribution in [0.4, 0.5) is 0 Å². The van der Waals surface area contributed by atoms with E-state index >= 15 is 0 Å². The van der Waals surface area contributed by atoms with Gasteiger partial charge in [-0.2, -0.15) is 5.26 Å². The maximum atomic E-state index is 9.84. The quantitative estimate of drug-likeness (QED) is 0.819. The van der Waals surface area contributed by atoms with Crippen molar-refractivity contribution in [3.05, 3.63) is 29.8 Å². The van der Waals surface area contributed by atoms with Gasteiger partial charge in [0.15, 0.2) is 0 Å². The lowest BCUT2D eigenvalue weighted by Gasteiger charge is -2.16. The Labute approximate surface area is 114 Å². The molecule has 2 N–H and O–H groups in total. The summed E-state index contributed by atoms with van der Waals surface area (Å²) < 4.78 is 5.48. The first kappa shape index (κ1) is 13.9. The van der Waals surface area contributed by atoms with Crippen molar-refractivity contribution in [2.75, 3.05) is 13.2 Å². The minimum absolute atomic E-state index is 0.245. The molecular weight excluding hydrogens is 240 g/mol. The molecule has 1 aliphatic rings. The third kappa shape index (κ3) is 4.55. The van der Waals surface area contributed by atoms with Gasteiger partial charge in [-0.05, 0) is 31.0 Å². The molecule has 1 aromatic rings. The summed E-state index contributed by atoms with van der Waals surface area (Å²) in [5.74, 6) is 0.624. The average molecular weight is 260 g/mol. The van der Waals surface area contributed by atoms with Gasteiger partial charge in [-0.15, -0.1) is 0 Å². The molecule has 1 atom stereocenters. The molecular formula is C15H20N2O2. The molecule has 1 aliphatic carbocycles. The number of hydrogen-bond acceptors (Lipinski definition) is 4. The van der Waals surface area contributed by atoms with Crippen molar-refractivity contribution in [1.82, 2.24) is 5.32 Å². The van der Waals surface area contributed by atoms with Crippen LogP contribution >= 0.6 is 0 Å². The first-order chi connectivity index (χ1) is 9.28. The van der Waals surface area contributed by atoms with E-state index in [1.165, 1.54) is 25.7 Å². The lowest BCUT2D eigenvalue weighted by atomic mass is 10.2. The summed E-state index contributed by atoms with van der Waals surface area (Å²) in [6.07, 6.45) is 4.46. The second kappa shape index (κ2) is 7.13. The third-order valence-electron chi connectivity index (χ3n) is 3.40. The van der Waals surface area contributed by atoms with Crippen molar-refractivity contribution < 1.29 is 9.84 Å². The number of nitrogens with one attached hydrogen (secondary N) is 1.